The Labute approximate surface area is 358 Å². The van der Waals surface area contributed by atoms with Crippen LogP contribution < -0.4 is 0 Å². The number of benzene rings is 9. The van der Waals surface area contributed by atoms with Crippen LogP contribution >= 0.6 is 0 Å². The quantitative estimate of drug-likeness (QED) is 0.162. The minimum absolute atomic E-state index is 0.606. The molecular formula is C57H37N5. The van der Waals surface area contributed by atoms with E-state index >= 15 is 0 Å². The van der Waals surface area contributed by atoms with Gasteiger partial charge < -0.3 is 9.13 Å². The van der Waals surface area contributed by atoms with Gasteiger partial charge in [0, 0.05) is 55.0 Å². The molecule has 0 spiro atoms. The summed E-state index contributed by atoms with van der Waals surface area (Å²) in [5.41, 5.74) is 13.9. The highest BCUT2D eigenvalue weighted by molar-refractivity contribution is 6.19. The molecule has 12 rings (SSSR count). The molecule has 62 heavy (non-hydrogen) atoms. The zero-order valence-electron chi connectivity index (χ0n) is 33.6. The fourth-order valence-electron chi connectivity index (χ4n) is 9.14. The van der Waals surface area contributed by atoms with E-state index in [1.54, 1.807) is 0 Å². The second-order valence-corrected chi connectivity index (χ2v) is 15.6. The van der Waals surface area contributed by atoms with Gasteiger partial charge in [0.15, 0.2) is 17.5 Å². The van der Waals surface area contributed by atoms with Gasteiger partial charge in [-0.25, -0.2) is 15.0 Å². The van der Waals surface area contributed by atoms with Gasteiger partial charge in [-0.3, -0.25) is 0 Å². The van der Waals surface area contributed by atoms with Crippen LogP contribution in [0.5, 0.6) is 0 Å². The summed E-state index contributed by atoms with van der Waals surface area (Å²) in [7, 11) is 0. The molecule has 0 amide bonds. The molecule has 0 aliphatic carbocycles. The number of para-hydroxylation sites is 3. The number of aromatic nitrogens is 5. The van der Waals surface area contributed by atoms with Crippen molar-refractivity contribution < 1.29 is 0 Å². The molecule has 0 saturated heterocycles. The van der Waals surface area contributed by atoms with Gasteiger partial charge in [0.1, 0.15) is 0 Å². The summed E-state index contributed by atoms with van der Waals surface area (Å²) in [6.07, 6.45) is 0. The maximum Gasteiger partial charge on any atom is 0.164 e. The Morgan fingerprint density at radius 1 is 0.258 bits per heavy atom. The van der Waals surface area contributed by atoms with Crippen molar-refractivity contribution in [2.45, 2.75) is 0 Å². The van der Waals surface area contributed by atoms with Crippen molar-refractivity contribution in [1.82, 2.24) is 24.1 Å². The van der Waals surface area contributed by atoms with Crippen molar-refractivity contribution in [3.05, 3.63) is 224 Å². The number of nitrogens with zero attached hydrogens (tertiary/aromatic N) is 5. The van der Waals surface area contributed by atoms with Gasteiger partial charge in [-0.1, -0.05) is 176 Å². The molecule has 5 nitrogen and oxygen atoms in total. The Hall–Kier alpha value is -8.41. The van der Waals surface area contributed by atoms with Gasteiger partial charge in [0.05, 0.1) is 27.8 Å². The zero-order chi connectivity index (χ0) is 41.0. The summed E-state index contributed by atoms with van der Waals surface area (Å²) < 4.78 is 4.89. The highest BCUT2D eigenvalue weighted by Gasteiger charge is 2.24. The Morgan fingerprint density at radius 3 is 1.11 bits per heavy atom. The summed E-state index contributed by atoms with van der Waals surface area (Å²) in [5.74, 6) is 1.86. The van der Waals surface area contributed by atoms with Crippen molar-refractivity contribution >= 4 is 43.6 Å². The van der Waals surface area contributed by atoms with Gasteiger partial charge in [-0.2, -0.15) is 0 Å². The Bertz CT molecular complexity index is 3480. The summed E-state index contributed by atoms with van der Waals surface area (Å²) in [6, 6.07) is 79.4. The van der Waals surface area contributed by atoms with E-state index in [0.717, 1.165) is 66.9 Å². The molecule has 3 aromatic heterocycles. The van der Waals surface area contributed by atoms with Crippen LogP contribution in [0.2, 0.25) is 0 Å². The summed E-state index contributed by atoms with van der Waals surface area (Å²) in [6.45, 7) is 0. The molecule has 0 unspecified atom stereocenters. The van der Waals surface area contributed by atoms with E-state index in [-0.39, 0.29) is 0 Å². The van der Waals surface area contributed by atoms with Gasteiger partial charge in [0.2, 0.25) is 0 Å². The molecule has 0 aliphatic rings. The van der Waals surface area contributed by atoms with E-state index < -0.39 is 0 Å². The van der Waals surface area contributed by atoms with Crippen LogP contribution in [0.15, 0.2) is 224 Å². The first-order valence-electron chi connectivity index (χ1n) is 21.0. The van der Waals surface area contributed by atoms with E-state index in [1.807, 2.05) is 36.4 Å². The van der Waals surface area contributed by atoms with Gasteiger partial charge in [-0.05, 0) is 59.7 Å². The average molecular weight is 792 g/mol. The lowest BCUT2D eigenvalue weighted by molar-refractivity contribution is 1.07. The molecule has 0 aliphatic heterocycles. The standard InChI is InChI=1S/C57H37N5/c1-6-20-38(21-7-1)46-34-42(57-59-55(40-24-10-3-11-25-40)58-56(60-57)41-26-12-4-13-27-41)35-47(39-22-8-2-9-23-39)54(46)62-51-33-19-17-31-45(51)49-36-48-44-30-16-18-32-50(44)61(52(48)37-53(49)62)43-28-14-5-15-29-43/h1-37H. The second kappa shape index (κ2) is 14.7. The first-order chi connectivity index (χ1) is 30.8. The molecule has 12 aromatic rings. The van der Waals surface area contributed by atoms with E-state index in [1.165, 1.54) is 27.1 Å². The highest BCUT2D eigenvalue weighted by atomic mass is 15.0. The van der Waals surface area contributed by atoms with E-state index in [0.29, 0.717) is 17.5 Å². The van der Waals surface area contributed by atoms with Crippen molar-refractivity contribution in [3.8, 4) is 67.8 Å². The minimum Gasteiger partial charge on any atom is -0.309 e. The minimum atomic E-state index is 0.606. The third kappa shape index (κ3) is 5.90. The second-order valence-electron chi connectivity index (χ2n) is 15.6. The average Bonchev–Trinajstić information content (AvgIpc) is 3.85. The molecule has 290 valence electrons. The normalized spacial score (nSPS) is 11.5. The van der Waals surface area contributed by atoms with E-state index in [4.69, 9.17) is 15.0 Å². The first-order valence-corrected chi connectivity index (χ1v) is 21.0. The fourth-order valence-corrected chi connectivity index (χ4v) is 9.14. The maximum absolute atomic E-state index is 5.22. The number of fused-ring (bicyclic) bond motifs is 6. The first kappa shape index (κ1) is 35.5. The van der Waals surface area contributed by atoms with Gasteiger partial charge in [-0.15, -0.1) is 0 Å². The Morgan fingerprint density at radius 2 is 0.629 bits per heavy atom. The topological polar surface area (TPSA) is 48.5 Å². The van der Waals surface area contributed by atoms with Crippen molar-refractivity contribution in [1.29, 1.82) is 0 Å². The fraction of sp³-hybridized carbons (Fsp3) is 0. The molecule has 3 heterocycles. The van der Waals surface area contributed by atoms with Crippen LogP contribution in [-0.4, -0.2) is 24.1 Å². The molecule has 0 fully saturated rings. The van der Waals surface area contributed by atoms with E-state index in [9.17, 15) is 0 Å². The lowest BCUT2D eigenvalue weighted by Gasteiger charge is -2.21. The molecule has 0 atom stereocenters. The Kier molecular flexibility index (Phi) is 8.42. The predicted octanol–water partition coefficient (Wildman–Crippen LogP) is 14.4. The zero-order valence-corrected chi connectivity index (χ0v) is 33.6. The summed E-state index contributed by atoms with van der Waals surface area (Å²) in [4.78, 5) is 15.5. The van der Waals surface area contributed by atoms with E-state index in [2.05, 4.69) is 197 Å². The van der Waals surface area contributed by atoms with Crippen LogP contribution in [-0.2, 0) is 0 Å². The summed E-state index contributed by atoms with van der Waals surface area (Å²) in [5, 5.41) is 4.84. The SMILES string of the molecule is c1ccc(-c2nc(-c3ccccc3)nc(-c3cc(-c4ccccc4)c(-n4c5ccccc5c5cc6c7ccccc7n(-c7ccccc7)c6cc54)c(-c4ccccc4)c3)n2)cc1. The number of rotatable bonds is 7. The third-order valence-electron chi connectivity index (χ3n) is 11.9. The lowest BCUT2D eigenvalue weighted by Crippen LogP contribution is -2.04. The molecule has 0 saturated carbocycles. The van der Waals surface area contributed by atoms with Gasteiger partial charge in [0.25, 0.3) is 0 Å². The Balaban J connectivity index is 1.21. The smallest absolute Gasteiger partial charge is 0.164 e. The lowest BCUT2D eigenvalue weighted by atomic mass is 9.92. The van der Waals surface area contributed by atoms with Crippen LogP contribution in [0.3, 0.4) is 0 Å². The molecule has 0 bridgehead atoms. The molecule has 0 N–H and O–H groups in total. The number of hydrogen-bond donors (Lipinski definition) is 0. The van der Waals surface area contributed by atoms with Crippen LogP contribution in [0.1, 0.15) is 0 Å². The molecule has 9 aromatic carbocycles. The third-order valence-corrected chi connectivity index (χ3v) is 11.9. The van der Waals surface area contributed by atoms with Crippen LogP contribution in [0, 0.1) is 0 Å². The highest BCUT2D eigenvalue weighted by Crippen LogP contribution is 2.45. The monoisotopic (exact) mass is 791 g/mol. The van der Waals surface area contributed by atoms with Gasteiger partial charge >= 0.3 is 0 Å². The van der Waals surface area contributed by atoms with Crippen LogP contribution in [0.4, 0.5) is 0 Å². The molecule has 0 radical (unpaired) electrons. The maximum atomic E-state index is 5.22. The van der Waals surface area contributed by atoms with Crippen LogP contribution in [0.25, 0.3) is 111 Å². The molecular weight excluding hydrogens is 755 g/mol. The predicted molar refractivity (Wildman–Crippen MR) is 256 cm³/mol. The van der Waals surface area contributed by atoms with Crippen molar-refractivity contribution in [2.24, 2.45) is 0 Å². The van der Waals surface area contributed by atoms with Crippen molar-refractivity contribution in [3.63, 3.8) is 0 Å². The van der Waals surface area contributed by atoms with Crippen molar-refractivity contribution in [2.75, 3.05) is 0 Å². The molecule has 5 heteroatoms. The largest absolute Gasteiger partial charge is 0.309 e. The summed E-state index contributed by atoms with van der Waals surface area (Å²) >= 11 is 0. The number of hydrogen-bond acceptors (Lipinski definition) is 3.